The zero-order valence-corrected chi connectivity index (χ0v) is 9.51. The largest absolute Gasteiger partial charge is 0.458 e. The van der Waals surface area contributed by atoms with E-state index < -0.39 is 0 Å². The van der Waals surface area contributed by atoms with Crippen molar-refractivity contribution in [3.8, 4) is 0 Å². The number of esters is 2. The molecule has 1 saturated heterocycles. The van der Waals surface area contributed by atoms with Crippen LogP contribution in [0.15, 0.2) is 0 Å². The maximum absolute atomic E-state index is 11.6. The number of hydrogen-bond acceptors (Lipinski definition) is 4. The summed E-state index contributed by atoms with van der Waals surface area (Å²) in [6.07, 6.45) is 1.49. The number of fused-ring (bicyclic) bond motifs is 1. The molecule has 2 saturated carbocycles. The fourth-order valence-electron chi connectivity index (χ4n) is 3.33. The fourth-order valence-corrected chi connectivity index (χ4v) is 3.33. The number of carbonyl (C=O) groups is 2. The molecule has 16 heavy (non-hydrogen) atoms. The van der Waals surface area contributed by atoms with Crippen molar-refractivity contribution in [1.82, 2.24) is 0 Å². The molecule has 0 N–H and O–H groups in total. The Labute approximate surface area is 94.3 Å². The summed E-state index contributed by atoms with van der Waals surface area (Å²) in [6.45, 7) is 3.64. The number of ether oxygens (including phenoxy) is 2. The smallest absolute Gasteiger partial charge is 0.309 e. The average Bonchev–Trinajstić information content (AvgIpc) is 2.81. The van der Waals surface area contributed by atoms with Crippen molar-refractivity contribution >= 4 is 11.9 Å². The maximum Gasteiger partial charge on any atom is 0.309 e. The minimum absolute atomic E-state index is 0.0828. The molecule has 3 fully saturated rings. The Bertz CT molecular complexity index is 349. The molecule has 2 aliphatic carbocycles. The van der Waals surface area contributed by atoms with Crippen molar-refractivity contribution < 1.29 is 19.1 Å². The molecule has 1 aliphatic heterocycles. The van der Waals surface area contributed by atoms with E-state index in [-0.39, 0.29) is 36.0 Å². The summed E-state index contributed by atoms with van der Waals surface area (Å²) in [5.74, 6) is 0.352. The molecule has 0 amide bonds. The van der Waals surface area contributed by atoms with Crippen LogP contribution in [-0.4, -0.2) is 24.1 Å². The van der Waals surface area contributed by atoms with Gasteiger partial charge in [0.05, 0.1) is 11.8 Å². The Morgan fingerprint density at radius 2 is 2.19 bits per heavy atom. The van der Waals surface area contributed by atoms with Gasteiger partial charge in [0.2, 0.25) is 0 Å². The van der Waals surface area contributed by atoms with Crippen LogP contribution in [0.5, 0.6) is 0 Å². The van der Waals surface area contributed by atoms with Gasteiger partial charge in [0.1, 0.15) is 12.2 Å². The number of carbonyl (C=O) groups excluding carboxylic acids is 2. The first-order valence-corrected chi connectivity index (χ1v) is 5.99. The molecule has 0 aromatic heterocycles. The van der Waals surface area contributed by atoms with E-state index in [4.69, 9.17) is 9.47 Å². The molecule has 0 radical (unpaired) electrons. The molecule has 1 heterocycles. The predicted octanol–water partition coefficient (Wildman–Crippen LogP) is 1.14. The number of hydrogen-bond donors (Lipinski definition) is 0. The molecule has 0 spiro atoms. The molecular formula is C12H16O4. The van der Waals surface area contributed by atoms with E-state index >= 15 is 0 Å². The molecule has 88 valence electrons. The van der Waals surface area contributed by atoms with Gasteiger partial charge in [-0.05, 0) is 12.8 Å². The van der Waals surface area contributed by atoms with E-state index in [1.807, 2.05) is 13.8 Å². The lowest BCUT2D eigenvalue weighted by Crippen LogP contribution is -2.36. The molecule has 2 bridgehead atoms. The second-order valence-electron chi connectivity index (χ2n) is 5.46. The Morgan fingerprint density at radius 1 is 1.44 bits per heavy atom. The van der Waals surface area contributed by atoms with E-state index in [1.54, 1.807) is 0 Å². The third kappa shape index (κ3) is 1.22. The zero-order valence-electron chi connectivity index (χ0n) is 9.51. The molecule has 0 aromatic rings. The second-order valence-corrected chi connectivity index (χ2v) is 5.46. The van der Waals surface area contributed by atoms with Crippen LogP contribution in [-0.2, 0) is 19.1 Å². The van der Waals surface area contributed by atoms with Crippen molar-refractivity contribution in [3.05, 3.63) is 0 Å². The second kappa shape index (κ2) is 3.22. The van der Waals surface area contributed by atoms with Gasteiger partial charge < -0.3 is 9.47 Å². The summed E-state index contributed by atoms with van der Waals surface area (Å²) >= 11 is 0. The lowest BCUT2D eigenvalue weighted by Gasteiger charge is -2.25. The molecule has 3 aliphatic rings. The van der Waals surface area contributed by atoms with Crippen LogP contribution in [0.25, 0.3) is 0 Å². The first kappa shape index (κ1) is 10.1. The van der Waals surface area contributed by atoms with Crippen molar-refractivity contribution in [2.75, 3.05) is 0 Å². The first-order valence-electron chi connectivity index (χ1n) is 5.99. The van der Waals surface area contributed by atoms with E-state index in [0.717, 1.165) is 12.8 Å². The van der Waals surface area contributed by atoms with Crippen LogP contribution >= 0.6 is 0 Å². The molecule has 4 nitrogen and oxygen atoms in total. The Hall–Kier alpha value is -1.06. The maximum atomic E-state index is 11.6. The molecule has 5 atom stereocenters. The number of rotatable bonds is 2. The van der Waals surface area contributed by atoms with Crippen LogP contribution in [0.1, 0.15) is 26.7 Å². The van der Waals surface area contributed by atoms with Crippen LogP contribution in [0, 0.1) is 23.7 Å². The van der Waals surface area contributed by atoms with Gasteiger partial charge in [0, 0.05) is 11.8 Å². The van der Waals surface area contributed by atoms with Gasteiger partial charge in [-0.15, -0.1) is 0 Å². The SMILES string of the molecule is CC(C)C(=O)OC1C2CC3C(=O)OC1C3C2. The third-order valence-corrected chi connectivity index (χ3v) is 4.14. The first-order chi connectivity index (χ1) is 7.58. The van der Waals surface area contributed by atoms with Gasteiger partial charge in [0.25, 0.3) is 0 Å². The van der Waals surface area contributed by atoms with Crippen molar-refractivity contribution in [2.24, 2.45) is 23.7 Å². The molecule has 0 aromatic carbocycles. The van der Waals surface area contributed by atoms with E-state index in [9.17, 15) is 9.59 Å². The average molecular weight is 224 g/mol. The van der Waals surface area contributed by atoms with Crippen molar-refractivity contribution in [2.45, 2.75) is 38.9 Å². The quantitative estimate of drug-likeness (QED) is 0.660. The highest BCUT2D eigenvalue weighted by Gasteiger charge is 2.63. The summed E-state index contributed by atoms with van der Waals surface area (Å²) in [5.41, 5.74) is 0. The standard InChI is InChI=1S/C12H16O4/c1-5(2)11(13)15-9-6-3-7-8(4-6)12(14)16-10(7)9/h5-10H,3-4H2,1-2H3. The zero-order chi connectivity index (χ0) is 11.4. The van der Waals surface area contributed by atoms with E-state index in [0.29, 0.717) is 11.8 Å². The highest BCUT2D eigenvalue weighted by atomic mass is 16.6. The molecular weight excluding hydrogens is 208 g/mol. The minimum atomic E-state index is -0.183. The molecule has 3 rings (SSSR count). The van der Waals surface area contributed by atoms with Crippen LogP contribution in [0.4, 0.5) is 0 Å². The minimum Gasteiger partial charge on any atom is -0.458 e. The highest BCUT2D eigenvalue weighted by molar-refractivity contribution is 5.77. The third-order valence-electron chi connectivity index (χ3n) is 4.14. The lowest BCUT2D eigenvalue weighted by molar-refractivity contribution is -0.164. The Kier molecular flexibility index (Phi) is 2.03. The Morgan fingerprint density at radius 3 is 2.88 bits per heavy atom. The molecule has 4 heteroatoms. The molecule has 5 unspecified atom stereocenters. The van der Waals surface area contributed by atoms with Gasteiger partial charge in [-0.3, -0.25) is 9.59 Å². The van der Waals surface area contributed by atoms with Gasteiger partial charge in [-0.25, -0.2) is 0 Å². The summed E-state index contributed by atoms with van der Waals surface area (Å²) in [4.78, 5) is 23.1. The van der Waals surface area contributed by atoms with E-state index in [1.165, 1.54) is 0 Å². The highest BCUT2D eigenvalue weighted by Crippen LogP contribution is 2.55. The monoisotopic (exact) mass is 224 g/mol. The van der Waals surface area contributed by atoms with Crippen molar-refractivity contribution in [1.29, 1.82) is 0 Å². The van der Waals surface area contributed by atoms with Crippen molar-refractivity contribution in [3.63, 3.8) is 0 Å². The van der Waals surface area contributed by atoms with Crippen LogP contribution < -0.4 is 0 Å². The van der Waals surface area contributed by atoms with Crippen LogP contribution in [0.2, 0.25) is 0 Å². The van der Waals surface area contributed by atoms with Crippen LogP contribution in [0.3, 0.4) is 0 Å². The summed E-state index contributed by atoms with van der Waals surface area (Å²) < 4.78 is 10.8. The van der Waals surface area contributed by atoms with Gasteiger partial charge in [-0.2, -0.15) is 0 Å². The topological polar surface area (TPSA) is 52.6 Å². The van der Waals surface area contributed by atoms with E-state index in [2.05, 4.69) is 0 Å². The normalized spacial score (nSPS) is 43.9. The summed E-state index contributed by atoms with van der Waals surface area (Å²) in [7, 11) is 0. The fraction of sp³-hybridized carbons (Fsp3) is 0.833. The van der Waals surface area contributed by atoms with Gasteiger partial charge in [0.15, 0.2) is 0 Å². The van der Waals surface area contributed by atoms with Gasteiger partial charge >= 0.3 is 11.9 Å². The summed E-state index contributed by atoms with van der Waals surface area (Å²) in [5, 5.41) is 0. The predicted molar refractivity (Wildman–Crippen MR) is 54.3 cm³/mol. The lowest BCUT2D eigenvalue weighted by atomic mass is 9.88. The Balaban J connectivity index is 1.75. The summed E-state index contributed by atoms with van der Waals surface area (Å²) in [6, 6.07) is 0. The van der Waals surface area contributed by atoms with Gasteiger partial charge in [-0.1, -0.05) is 13.8 Å².